The van der Waals surface area contributed by atoms with Gasteiger partial charge >= 0.3 is 11.9 Å². The maximum absolute atomic E-state index is 13.7. The Kier molecular flexibility index (Phi) is 6.55. The van der Waals surface area contributed by atoms with Crippen molar-refractivity contribution < 1.29 is 29.0 Å². The molecule has 218 valence electrons. The van der Waals surface area contributed by atoms with Gasteiger partial charge in [0.25, 0.3) is 11.8 Å². The highest BCUT2D eigenvalue weighted by molar-refractivity contribution is 6.48. The van der Waals surface area contributed by atoms with Crippen LogP contribution in [0.3, 0.4) is 0 Å². The predicted molar refractivity (Wildman–Crippen MR) is 163 cm³/mol. The van der Waals surface area contributed by atoms with Gasteiger partial charge in [0.2, 0.25) is 6.04 Å². The molecular formula is C34H27N4O6+. The normalized spacial score (nSPS) is 20.4. The number of aromatic amines is 1. The van der Waals surface area contributed by atoms with Crippen LogP contribution in [0.15, 0.2) is 102 Å². The number of aliphatic imine (C=N–C) groups is 1. The zero-order chi connectivity index (χ0) is 30.4. The van der Waals surface area contributed by atoms with Crippen LogP contribution < -0.4 is 9.80 Å². The number of ether oxygens (including phenoxy) is 1. The monoisotopic (exact) mass is 587 g/mol. The third kappa shape index (κ3) is 4.35. The number of amides is 2. The summed E-state index contributed by atoms with van der Waals surface area (Å²) in [6.07, 6.45) is 4.98. The maximum Gasteiger partial charge on any atom is 0.366 e. The van der Waals surface area contributed by atoms with E-state index in [-0.39, 0.29) is 40.9 Å². The van der Waals surface area contributed by atoms with Crippen molar-refractivity contribution in [2.45, 2.75) is 25.5 Å². The van der Waals surface area contributed by atoms with Crippen molar-refractivity contribution in [1.29, 1.82) is 0 Å². The fraction of sp³-hybridized carbons (Fsp3) is 0.147. The number of carboxylic acids is 1. The summed E-state index contributed by atoms with van der Waals surface area (Å²) in [4.78, 5) is 60.2. The molecule has 3 N–H and O–H groups in total. The average molecular weight is 588 g/mol. The molecule has 4 heterocycles. The van der Waals surface area contributed by atoms with E-state index >= 15 is 0 Å². The number of quaternary nitrogens is 1. The molecule has 1 aromatic heterocycles. The number of imide groups is 1. The van der Waals surface area contributed by atoms with Crippen LogP contribution in [0.1, 0.15) is 28.7 Å². The number of benzene rings is 3. The number of esters is 1. The molecular weight excluding hydrogens is 560 g/mol. The molecule has 0 fully saturated rings. The molecule has 0 radical (unpaired) electrons. The number of carbonyl (C=O) groups excluding carboxylic acids is 3. The fourth-order valence-electron chi connectivity index (χ4n) is 6.58. The average Bonchev–Trinajstić information content (AvgIpc) is 3.65. The summed E-state index contributed by atoms with van der Waals surface area (Å²) in [5, 5.41) is 12.9. The first-order chi connectivity index (χ1) is 21.4. The maximum atomic E-state index is 13.7. The third-order valence-corrected chi connectivity index (χ3v) is 8.51. The van der Waals surface area contributed by atoms with E-state index in [1.165, 1.54) is 6.20 Å². The Labute approximate surface area is 251 Å². The first kappa shape index (κ1) is 27.2. The molecule has 3 aromatic carbocycles. The van der Waals surface area contributed by atoms with Crippen LogP contribution in [0.5, 0.6) is 0 Å². The highest BCUT2D eigenvalue weighted by Crippen LogP contribution is 2.46. The lowest BCUT2D eigenvalue weighted by Crippen LogP contribution is -2.55. The molecule has 44 heavy (non-hydrogen) atoms. The Hall–Kier alpha value is -5.61. The van der Waals surface area contributed by atoms with E-state index in [2.05, 4.69) is 10.3 Å². The van der Waals surface area contributed by atoms with Gasteiger partial charge in [0.1, 0.15) is 12.8 Å². The standard InChI is InChI=1S/C34H26N4O6/c39-27(40)13-15-38-16-14-35-30(29-28(32(41)37-33(29)42)24-18-36-25-12-5-4-10-22(24)25)23-11-6-9-21(31(23)38)17-26(38)34(43)44-19-20-7-2-1-3-8-20/h1-12,14,16,18,26H,13,15,17,19H2,(H2-,35,36,37,39,40,41,42)/p+1/t26?,38-/m0/s1. The number of carboxylic acid groups (broad SMARTS) is 1. The van der Waals surface area contributed by atoms with Crippen LogP contribution in [0.2, 0.25) is 0 Å². The van der Waals surface area contributed by atoms with Gasteiger partial charge in [-0.05, 0) is 17.7 Å². The van der Waals surface area contributed by atoms with Gasteiger partial charge < -0.3 is 14.8 Å². The second-order valence-electron chi connectivity index (χ2n) is 11.0. The number of rotatable bonds is 8. The number of fused-ring (bicyclic) bond motifs is 1. The molecule has 4 aromatic rings. The zero-order valence-corrected chi connectivity index (χ0v) is 23.4. The lowest BCUT2D eigenvalue weighted by molar-refractivity contribution is -0.150. The Morgan fingerprint density at radius 2 is 1.70 bits per heavy atom. The van der Waals surface area contributed by atoms with Crippen molar-refractivity contribution in [2.24, 2.45) is 4.99 Å². The molecule has 0 spiro atoms. The van der Waals surface area contributed by atoms with Crippen molar-refractivity contribution in [1.82, 2.24) is 14.8 Å². The minimum Gasteiger partial charge on any atom is -0.481 e. The summed E-state index contributed by atoms with van der Waals surface area (Å²) >= 11 is 0. The van der Waals surface area contributed by atoms with Gasteiger partial charge in [0, 0.05) is 34.6 Å². The summed E-state index contributed by atoms with van der Waals surface area (Å²) < 4.78 is 5.65. The summed E-state index contributed by atoms with van der Waals surface area (Å²) in [6, 6.07) is 21.6. The van der Waals surface area contributed by atoms with Crippen LogP contribution in [-0.4, -0.2) is 52.1 Å². The highest BCUT2D eigenvalue weighted by Gasteiger charge is 2.53. The van der Waals surface area contributed by atoms with Gasteiger partial charge in [-0.25, -0.2) is 9.79 Å². The van der Waals surface area contributed by atoms with Gasteiger partial charge in [0.05, 0.1) is 41.6 Å². The Morgan fingerprint density at radius 1 is 0.932 bits per heavy atom. The number of H-pyrrole nitrogens is 1. The summed E-state index contributed by atoms with van der Waals surface area (Å²) in [7, 11) is 0. The van der Waals surface area contributed by atoms with Gasteiger partial charge in [-0.2, -0.15) is 0 Å². The quantitative estimate of drug-likeness (QED) is 0.162. The van der Waals surface area contributed by atoms with Crippen LogP contribution in [0.4, 0.5) is 5.69 Å². The predicted octanol–water partition coefficient (Wildman–Crippen LogP) is 4.00. The summed E-state index contributed by atoms with van der Waals surface area (Å²) in [5.41, 5.74) is 4.82. The molecule has 0 aliphatic carbocycles. The Balaban J connectivity index is 1.36. The molecule has 10 heteroatoms. The van der Waals surface area contributed by atoms with Crippen LogP contribution >= 0.6 is 0 Å². The van der Waals surface area contributed by atoms with E-state index in [9.17, 15) is 24.3 Å². The number of nitrogens with one attached hydrogen (secondary N) is 2. The van der Waals surface area contributed by atoms with Gasteiger partial charge in [-0.1, -0.05) is 60.7 Å². The fourth-order valence-corrected chi connectivity index (χ4v) is 6.58. The van der Waals surface area contributed by atoms with E-state index in [4.69, 9.17) is 9.73 Å². The molecule has 3 aliphatic heterocycles. The molecule has 0 saturated carbocycles. The summed E-state index contributed by atoms with van der Waals surface area (Å²) in [5.74, 6) is -2.60. The first-order valence-corrected chi connectivity index (χ1v) is 14.2. The molecule has 0 saturated heterocycles. The van der Waals surface area contributed by atoms with Crippen LogP contribution in [-0.2, 0) is 36.9 Å². The van der Waals surface area contributed by atoms with E-state index in [1.54, 1.807) is 18.5 Å². The molecule has 2 amide bonds. The lowest BCUT2D eigenvalue weighted by Gasteiger charge is -2.35. The smallest absolute Gasteiger partial charge is 0.366 e. The largest absolute Gasteiger partial charge is 0.481 e. The van der Waals surface area contributed by atoms with E-state index < -0.39 is 29.8 Å². The van der Waals surface area contributed by atoms with Crippen molar-refractivity contribution in [2.75, 3.05) is 6.54 Å². The number of nitrogens with zero attached hydrogens (tertiary/aromatic N) is 2. The number of para-hydroxylation sites is 2. The molecule has 2 atom stereocenters. The number of hydrogen-bond donors (Lipinski definition) is 3. The van der Waals surface area contributed by atoms with Crippen molar-refractivity contribution in [3.63, 3.8) is 0 Å². The van der Waals surface area contributed by atoms with Crippen molar-refractivity contribution in [3.05, 3.63) is 119 Å². The zero-order valence-electron chi connectivity index (χ0n) is 23.4. The Morgan fingerprint density at radius 3 is 2.52 bits per heavy atom. The third-order valence-electron chi connectivity index (χ3n) is 8.51. The topological polar surface area (TPSA) is 138 Å². The highest BCUT2D eigenvalue weighted by atomic mass is 16.5. The number of hydrogen-bond acceptors (Lipinski definition) is 6. The SMILES string of the molecule is O=C(O)CC[N@@+]12C=CN=C(C3=C(c4c[nH]c5ccccc45)C(=O)NC3=O)c3cccc(c31)CC2C(=O)OCc1ccccc1. The minimum absolute atomic E-state index is 0.0588. The molecule has 3 aliphatic rings. The summed E-state index contributed by atoms with van der Waals surface area (Å²) in [6.45, 7) is 0.135. The molecule has 10 nitrogen and oxygen atoms in total. The second kappa shape index (κ2) is 10.6. The number of aliphatic carboxylic acids is 1. The van der Waals surface area contributed by atoms with Gasteiger partial charge in [-0.3, -0.25) is 24.2 Å². The first-order valence-electron chi connectivity index (χ1n) is 14.2. The van der Waals surface area contributed by atoms with Gasteiger partial charge in [0.15, 0.2) is 5.69 Å². The van der Waals surface area contributed by atoms with E-state index in [0.29, 0.717) is 23.2 Å². The van der Waals surface area contributed by atoms with E-state index in [0.717, 1.165) is 22.0 Å². The van der Waals surface area contributed by atoms with E-state index in [1.807, 2.05) is 66.7 Å². The van der Waals surface area contributed by atoms with Crippen molar-refractivity contribution >= 4 is 51.6 Å². The molecule has 0 bridgehead atoms. The molecule has 7 rings (SSSR count). The Bertz CT molecular complexity index is 1970. The van der Waals surface area contributed by atoms with Crippen LogP contribution in [0, 0.1) is 0 Å². The lowest BCUT2D eigenvalue weighted by atomic mass is 9.92. The second-order valence-corrected chi connectivity index (χ2v) is 11.0. The van der Waals surface area contributed by atoms with Crippen molar-refractivity contribution in [3.8, 4) is 0 Å². The van der Waals surface area contributed by atoms with Crippen LogP contribution in [0.25, 0.3) is 16.5 Å². The molecule has 1 unspecified atom stereocenters. The van der Waals surface area contributed by atoms with Gasteiger partial charge in [-0.15, -0.1) is 0 Å². The number of aromatic nitrogens is 1. The number of carbonyl (C=O) groups is 4. The minimum atomic E-state index is -1.01.